The summed E-state index contributed by atoms with van der Waals surface area (Å²) in [4.78, 5) is 15.6. The molecule has 0 bridgehead atoms. The highest BCUT2D eigenvalue weighted by Gasteiger charge is 2.07. The molecule has 6 heteroatoms. The molecule has 0 fully saturated rings. The number of nitrogens with zero attached hydrogens (tertiary/aromatic N) is 1. The van der Waals surface area contributed by atoms with Crippen LogP contribution in [0.2, 0.25) is 0 Å². The van der Waals surface area contributed by atoms with Crippen LogP contribution in [0.1, 0.15) is 11.3 Å². The first kappa shape index (κ1) is 12.9. The largest absolute Gasteiger partial charge is 0.444 e. The maximum absolute atomic E-state index is 11.5. The molecule has 0 unspecified atom stereocenters. The van der Waals surface area contributed by atoms with Crippen LogP contribution in [0.25, 0.3) is 0 Å². The van der Waals surface area contributed by atoms with Crippen LogP contribution < -0.4 is 5.32 Å². The summed E-state index contributed by atoms with van der Waals surface area (Å²) in [5.74, 6) is 0.331. The number of carbonyl (C=O) groups excluding carboxylic acids is 1. The number of benzene rings is 1. The Balaban J connectivity index is 1.82. The summed E-state index contributed by atoms with van der Waals surface area (Å²) in [7, 11) is 0. The minimum atomic E-state index is -0.519. The van der Waals surface area contributed by atoms with E-state index in [1.807, 2.05) is 30.3 Å². The monoisotopic (exact) mass is 282 g/mol. The van der Waals surface area contributed by atoms with Crippen molar-refractivity contribution in [3.05, 3.63) is 47.0 Å². The molecule has 0 aliphatic rings. The number of alkyl halides is 1. The second kappa shape index (κ2) is 6.37. The molecule has 0 saturated carbocycles. The van der Waals surface area contributed by atoms with E-state index in [9.17, 15) is 4.79 Å². The van der Waals surface area contributed by atoms with Crippen molar-refractivity contribution >= 4 is 34.2 Å². The van der Waals surface area contributed by atoms with Crippen molar-refractivity contribution in [3.63, 3.8) is 0 Å². The molecule has 0 aliphatic heterocycles. The van der Waals surface area contributed by atoms with Crippen molar-refractivity contribution in [2.45, 2.75) is 12.5 Å². The van der Waals surface area contributed by atoms with Crippen LogP contribution in [0.15, 0.2) is 35.7 Å². The van der Waals surface area contributed by atoms with Crippen LogP contribution in [-0.2, 0) is 17.2 Å². The van der Waals surface area contributed by atoms with Crippen molar-refractivity contribution in [1.29, 1.82) is 0 Å². The first-order valence-corrected chi connectivity index (χ1v) is 6.67. The lowest BCUT2D eigenvalue weighted by Crippen LogP contribution is -2.13. The van der Waals surface area contributed by atoms with E-state index in [4.69, 9.17) is 16.3 Å². The van der Waals surface area contributed by atoms with Crippen molar-refractivity contribution in [2.24, 2.45) is 0 Å². The predicted molar refractivity (Wildman–Crippen MR) is 71.9 cm³/mol. The number of hydrogen-bond donors (Lipinski definition) is 1. The quantitative estimate of drug-likeness (QED) is 0.871. The van der Waals surface area contributed by atoms with Gasteiger partial charge < -0.3 is 4.74 Å². The highest BCUT2D eigenvalue weighted by molar-refractivity contribution is 7.13. The normalized spacial score (nSPS) is 10.1. The Labute approximate surface area is 114 Å². The number of ether oxygens (including phenoxy) is 1. The van der Waals surface area contributed by atoms with Gasteiger partial charge in [0.25, 0.3) is 0 Å². The second-order valence-corrected chi connectivity index (χ2v) is 4.59. The van der Waals surface area contributed by atoms with Gasteiger partial charge in [0.2, 0.25) is 0 Å². The first-order valence-electron chi connectivity index (χ1n) is 5.26. The highest BCUT2D eigenvalue weighted by atomic mass is 35.5. The second-order valence-electron chi connectivity index (χ2n) is 3.46. The van der Waals surface area contributed by atoms with E-state index >= 15 is 0 Å². The standard InChI is InChI=1S/C12H11ClN2O2S/c13-6-10-8-18-11(14-10)15-12(16)17-7-9-4-2-1-3-5-9/h1-5,8H,6-7H2,(H,14,15,16). The first-order chi connectivity index (χ1) is 8.78. The third kappa shape index (κ3) is 3.72. The van der Waals surface area contributed by atoms with Gasteiger partial charge in [-0.05, 0) is 5.56 Å². The van der Waals surface area contributed by atoms with E-state index in [0.717, 1.165) is 11.3 Å². The predicted octanol–water partition coefficient (Wildman–Crippen LogP) is 3.63. The van der Waals surface area contributed by atoms with Crippen molar-refractivity contribution in [3.8, 4) is 0 Å². The zero-order chi connectivity index (χ0) is 12.8. The number of anilines is 1. The number of nitrogens with one attached hydrogen (secondary N) is 1. The molecule has 0 radical (unpaired) electrons. The molecule has 2 rings (SSSR count). The van der Waals surface area contributed by atoms with Crippen LogP contribution in [0.5, 0.6) is 0 Å². The lowest BCUT2D eigenvalue weighted by atomic mass is 10.2. The average molecular weight is 283 g/mol. The average Bonchev–Trinajstić information content (AvgIpc) is 2.85. The van der Waals surface area contributed by atoms with Gasteiger partial charge in [-0.2, -0.15) is 0 Å². The molecule has 0 saturated heterocycles. The maximum atomic E-state index is 11.5. The molecule has 94 valence electrons. The Bertz CT molecular complexity index is 516. The fourth-order valence-electron chi connectivity index (χ4n) is 1.27. The SMILES string of the molecule is O=C(Nc1nc(CCl)cs1)OCc1ccccc1. The molecule has 2 aromatic rings. The summed E-state index contributed by atoms with van der Waals surface area (Å²) in [5.41, 5.74) is 1.67. The number of hydrogen-bond acceptors (Lipinski definition) is 4. The van der Waals surface area contributed by atoms with Gasteiger partial charge in [-0.3, -0.25) is 5.32 Å². The van der Waals surface area contributed by atoms with E-state index in [1.165, 1.54) is 11.3 Å². The number of aromatic nitrogens is 1. The van der Waals surface area contributed by atoms with Gasteiger partial charge in [0.15, 0.2) is 5.13 Å². The fraction of sp³-hybridized carbons (Fsp3) is 0.167. The molecule has 0 atom stereocenters. The topological polar surface area (TPSA) is 51.2 Å². The van der Waals surface area contributed by atoms with E-state index in [2.05, 4.69) is 10.3 Å². The molecule has 0 aliphatic carbocycles. The third-order valence-corrected chi connectivity index (χ3v) is 3.19. The molecular formula is C12H11ClN2O2S. The van der Waals surface area contributed by atoms with Crippen molar-refractivity contribution in [1.82, 2.24) is 4.98 Å². The number of rotatable bonds is 4. The number of carbonyl (C=O) groups is 1. The smallest absolute Gasteiger partial charge is 0.413 e. The van der Waals surface area contributed by atoms with Gasteiger partial charge in [0, 0.05) is 5.38 Å². The Morgan fingerprint density at radius 3 is 2.83 bits per heavy atom. The van der Waals surface area contributed by atoms with Gasteiger partial charge in [-0.15, -0.1) is 22.9 Å². The molecule has 4 nitrogen and oxygen atoms in total. The third-order valence-electron chi connectivity index (χ3n) is 2.11. The molecular weight excluding hydrogens is 272 g/mol. The summed E-state index contributed by atoms with van der Waals surface area (Å²) < 4.78 is 5.06. The number of thiazole rings is 1. The molecule has 0 spiro atoms. The Morgan fingerprint density at radius 2 is 2.17 bits per heavy atom. The molecule has 1 aromatic heterocycles. The lowest BCUT2D eigenvalue weighted by Gasteiger charge is -2.04. The zero-order valence-electron chi connectivity index (χ0n) is 9.43. The summed E-state index contributed by atoms with van der Waals surface area (Å²) in [5, 5.41) is 4.84. The van der Waals surface area contributed by atoms with Gasteiger partial charge in [0.1, 0.15) is 6.61 Å². The van der Waals surface area contributed by atoms with E-state index in [1.54, 1.807) is 5.38 Å². The zero-order valence-corrected chi connectivity index (χ0v) is 11.0. The molecule has 1 aromatic carbocycles. The van der Waals surface area contributed by atoms with Crippen LogP contribution in [-0.4, -0.2) is 11.1 Å². The minimum absolute atomic E-state index is 0.237. The highest BCUT2D eigenvalue weighted by Crippen LogP contribution is 2.16. The lowest BCUT2D eigenvalue weighted by molar-refractivity contribution is 0.155. The molecule has 18 heavy (non-hydrogen) atoms. The molecule has 1 amide bonds. The van der Waals surface area contributed by atoms with E-state index in [0.29, 0.717) is 11.0 Å². The fourth-order valence-corrected chi connectivity index (χ4v) is 2.20. The molecule has 1 heterocycles. The van der Waals surface area contributed by atoms with Crippen LogP contribution >= 0.6 is 22.9 Å². The van der Waals surface area contributed by atoms with Crippen LogP contribution in [0.3, 0.4) is 0 Å². The minimum Gasteiger partial charge on any atom is -0.444 e. The summed E-state index contributed by atoms with van der Waals surface area (Å²) >= 11 is 6.93. The van der Waals surface area contributed by atoms with E-state index < -0.39 is 6.09 Å². The van der Waals surface area contributed by atoms with Gasteiger partial charge in [-0.1, -0.05) is 30.3 Å². The van der Waals surface area contributed by atoms with Gasteiger partial charge >= 0.3 is 6.09 Å². The van der Waals surface area contributed by atoms with Gasteiger partial charge in [-0.25, -0.2) is 9.78 Å². The van der Waals surface area contributed by atoms with E-state index in [-0.39, 0.29) is 6.61 Å². The Morgan fingerprint density at radius 1 is 1.39 bits per heavy atom. The number of halogens is 1. The maximum Gasteiger partial charge on any atom is 0.413 e. The van der Waals surface area contributed by atoms with Crippen LogP contribution in [0.4, 0.5) is 9.93 Å². The Hall–Kier alpha value is -1.59. The summed E-state index contributed by atoms with van der Waals surface area (Å²) in [6.07, 6.45) is -0.519. The van der Waals surface area contributed by atoms with Crippen molar-refractivity contribution in [2.75, 3.05) is 5.32 Å². The van der Waals surface area contributed by atoms with Crippen LogP contribution in [0, 0.1) is 0 Å². The Kier molecular flexibility index (Phi) is 4.55. The number of amides is 1. The van der Waals surface area contributed by atoms with Gasteiger partial charge in [0.05, 0.1) is 11.6 Å². The summed E-state index contributed by atoms with van der Waals surface area (Å²) in [6, 6.07) is 9.48. The molecule has 1 N–H and O–H groups in total. The van der Waals surface area contributed by atoms with Crippen molar-refractivity contribution < 1.29 is 9.53 Å². The summed E-state index contributed by atoms with van der Waals surface area (Å²) in [6.45, 7) is 0.237.